The molecule has 2 atom stereocenters. The van der Waals surface area contributed by atoms with Gasteiger partial charge in [0.1, 0.15) is 0 Å². The third-order valence-electron chi connectivity index (χ3n) is 4.55. The van der Waals surface area contributed by atoms with E-state index in [0.29, 0.717) is 5.41 Å². The molecular formula is C16H33N. The predicted molar refractivity (Wildman–Crippen MR) is 77.3 cm³/mol. The lowest BCUT2D eigenvalue weighted by Crippen LogP contribution is -2.39. The van der Waals surface area contributed by atoms with E-state index in [1.165, 1.54) is 38.8 Å². The van der Waals surface area contributed by atoms with Crippen LogP contribution in [-0.4, -0.2) is 24.0 Å². The second kappa shape index (κ2) is 6.22. The average molecular weight is 239 g/mol. The minimum absolute atomic E-state index is 0.548. The van der Waals surface area contributed by atoms with Gasteiger partial charge in [0.2, 0.25) is 0 Å². The maximum atomic E-state index is 2.79. The van der Waals surface area contributed by atoms with E-state index in [4.69, 9.17) is 0 Å². The zero-order valence-electron chi connectivity index (χ0n) is 12.9. The minimum Gasteiger partial charge on any atom is -0.300 e. The van der Waals surface area contributed by atoms with Crippen LogP contribution < -0.4 is 0 Å². The molecule has 1 nitrogen and oxygen atoms in total. The van der Waals surface area contributed by atoms with Crippen molar-refractivity contribution < 1.29 is 0 Å². The molecule has 0 aromatic carbocycles. The molecule has 0 N–H and O–H groups in total. The van der Waals surface area contributed by atoms with E-state index in [2.05, 4.69) is 32.6 Å². The molecule has 0 spiro atoms. The minimum atomic E-state index is 0.548. The van der Waals surface area contributed by atoms with Crippen molar-refractivity contribution in [2.24, 2.45) is 17.3 Å². The maximum absolute atomic E-state index is 2.79. The summed E-state index contributed by atoms with van der Waals surface area (Å²) >= 11 is 0. The molecule has 2 aliphatic rings. The third-order valence-corrected chi connectivity index (χ3v) is 4.55. The van der Waals surface area contributed by atoms with Crippen LogP contribution in [0.4, 0.5) is 0 Å². The summed E-state index contributed by atoms with van der Waals surface area (Å²) < 4.78 is 0. The fourth-order valence-corrected chi connectivity index (χ4v) is 3.69. The quantitative estimate of drug-likeness (QED) is 0.648. The van der Waals surface area contributed by atoms with E-state index in [9.17, 15) is 0 Å². The van der Waals surface area contributed by atoms with Gasteiger partial charge < -0.3 is 0 Å². The largest absolute Gasteiger partial charge is 0.300 e. The van der Waals surface area contributed by atoms with Gasteiger partial charge in [-0.3, -0.25) is 4.90 Å². The molecule has 2 heterocycles. The van der Waals surface area contributed by atoms with Crippen molar-refractivity contribution in [3.8, 4) is 0 Å². The van der Waals surface area contributed by atoms with Crippen LogP contribution in [0.1, 0.15) is 67.2 Å². The van der Waals surface area contributed by atoms with Crippen LogP contribution in [0, 0.1) is 17.3 Å². The van der Waals surface area contributed by atoms with Crippen LogP contribution in [0.25, 0.3) is 0 Å². The standard InChI is InChI=1S/C14H27N.C2H6/c1-11(2)12-7-8-14(3,4)10-15-9-5-6-13(12)15;1-2/h11-13H,5-10H2,1-4H3;1-2H3. The van der Waals surface area contributed by atoms with E-state index < -0.39 is 0 Å². The highest BCUT2D eigenvalue weighted by molar-refractivity contribution is 4.92. The van der Waals surface area contributed by atoms with Gasteiger partial charge in [0.05, 0.1) is 0 Å². The Labute approximate surface area is 109 Å². The summed E-state index contributed by atoms with van der Waals surface area (Å²) in [6, 6.07) is 0.909. The SMILES string of the molecule is CC.CC(C)C1CCC(C)(C)CN2CCCC12. The van der Waals surface area contributed by atoms with Crippen molar-refractivity contribution >= 4 is 0 Å². The van der Waals surface area contributed by atoms with Gasteiger partial charge >= 0.3 is 0 Å². The van der Waals surface area contributed by atoms with Crippen LogP contribution in [0.15, 0.2) is 0 Å². The predicted octanol–water partition coefficient (Wildman–Crippen LogP) is 4.57. The Morgan fingerprint density at radius 2 is 1.76 bits per heavy atom. The first-order valence-corrected chi connectivity index (χ1v) is 7.74. The Kier molecular flexibility index (Phi) is 5.50. The highest BCUT2D eigenvalue weighted by Gasteiger charge is 2.39. The Morgan fingerprint density at radius 3 is 2.35 bits per heavy atom. The number of nitrogens with zero attached hydrogens (tertiary/aromatic N) is 1. The molecule has 2 aliphatic heterocycles. The molecule has 0 aromatic rings. The average Bonchev–Trinajstić information content (AvgIpc) is 2.63. The highest BCUT2D eigenvalue weighted by atomic mass is 15.2. The maximum Gasteiger partial charge on any atom is 0.0127 e. The molecule has 0 radical (unpaired) electrons. The lowest BCUT2D eigenvalue weighted by atomic mass is 9.80. The second-order valence-electron chi connectivity index (χ2n) is 6.79. The van der Waals surface area contributed by atoms with Crippen LogP contribution in [-0.2, 0) is 0 Å². The molecule has 102 valence electrons. The normalized spacial score (nSPS) is 32.6. The van der Waals surface area contributed by atoms with Crippen LogP contribution in [0.3, 0.4) is 0 Å². The van der Waals surface area contributed by atoms with E-state index in [-0.39, 0.29) is 0 Å². The summed E-state index contributed by atoms with van der Waals surface area (Å²) in [5, 5.41) is 0. The van der Waals surface area contributed by atoms with Crippen molar-refractivity contribution in [2.45, 2.75) is 73.3 Å². The first-order valence-electron chi connectivity index (χ1n) is 7.74. The van der Waals surface area contributed by atoms with Crippen molar-refractivity contribution in [3.05, 3.63) is 0 Å². The number of hydrogen-bond acceptors (Lipinski definition) is 1. The van der Waals surface area contributed by atoms with Crippen LogP contribution in [0.5, 0.6) is 0 Å². The summed E-state index contributed by atoms with van der Waals surface area (Å²) in [6.07, 6.45) is 5.76. The molecule has 17 heavy (non-hydrogen) atoms. The van der Waals surface area contributed by atoms with Gasteiger partial charge in [-0.15, -0.1) is 0 Å². The number of fused-ring (bicyclic) bond motifs is 1. The monoisotopic (exact) mass is 239 g/mol. The van der Waals surface area contributed by atoms with Crippen molar-refractivity contribution in [1.29, 1.82) is 0 Å². The fourth-order valence-electron chi connectivity index (χ4n) is 3.69. The Balaban J connectivity index is 0.000000686. The molecule has 2 rings (SSSR count). The van der Waals surface area contributed by atoms with Crippen molar-refractivity contribution in [3.63, 3.8) is 0 Å². The first kappa shape index (κ1) is 15.0. The molecule has 0 aromatic heterocycles. The Bertz CT molecular complexity index is 220. The second-order valence-corrected chi connectivity index (χ2v) is 6.79. The molecule has 0 aliphatic carbocycles. The summed E-state index contributed by atoms with van der Waals surface area (Å²) in [4.78, 5) is 2.79. The zero-order chi connectivity index (χ0) is 13.1. The fraction of sp³-hybridized carbons (Fsp3) is 1.00. The van der Waals surface area contributed by atoms with Crippen molar-refractivity contribution in [1.82, 2.24) is 4.90 Å². The molecular weight excluding hydrogens is 206 g/mol. The van der Waals surface area contributed by atoms with Crippen LogP contribution >= 0.6 is 0 Å². The summed E-state index contributed by atoms with van der Waals surface area (Å²) in [6.45, 7) is 16.4. The topological polar surface area (TPSA) is 3.24 Å². The Hall–Kier alpha value is -0.0400. The van der Waals surface area contributed by atoms with E-state index in [1.807, 2.05) is 13.8 Å². The van der Waals surface area contributed by atoms with Gasteiger partial charge in [-0.2, -0.15) is 0 Å². The van der Waals surface area contributed by atoms with Gasteiger partial charge in [-0.1, -0.05) is 41.5 Å². The summed E-state index contributed by atoms with van der Waals surface area (Å²) in [5.74, 6) is 1.82. The van der Waals surface area contributed by atoms with E-state index in [0.717, 1.165) is 17.9 Å². The van der Waals surface area contributed by atoms with Gasteiger partial charge in [-0.25, -0.2) is 0 Å². The van der Waals surface area contributed by atoms with Gasteiger partial charge in [0.15, 0.2) is 0 Å². The summed E-state index contributed by atoms with van der Waals surface area (Å²) in [7, 11) is 0. The van der Waals surface area contributed by atoms with Crippen molar-refractivity contribution in [2.75, 3.05) is 13.1 Å². The highest BCUT2D eigenvalue weighted by Crippen LogP contribution is 2.40. The molecule has 2 saturated heterocycles. The molecule has 2 fully saturated rings. The number of hydrogen-bond donors (Lipinski definition) is 0. The van der Waals surface area contributed by atoms with Crippen LogP contribution in [0.2, 0.25) is 0 Å². The zero-order valence-corrected chi connectivity index (χ0v) is 12.9. The first-order chi connectivity index (χ1) is 7.99. The molecule has 0 saturated carbocycles. The molecule has 1 heteroatoms. The van der Waals surface area contributed by atoms with E-state index >= 15 is 0 Å². The molecule has 2 unspecified atom stereocenters. The molecule has 0 bridgehead atoms. The molecule has 0 amide bonds. The third kappa shape index (κ3) is 3.71. The summed E-state index contributed by atoms with van der Waals surface area (Å²) in [5.41, 5.74) is 0.548. The van der Waals surface area contributed by atoms with E-state index in [1.54, 1.807) is 0 Å². The smallest absolute Gasteiger partial charge is 0.0127 e. The van der Waals surface area contributed by atoms with Gasteiger partial charge in [0, 0.05) is 12.6 Å². The Morgan fingerprint density at radius 1 is 1.12 bits per heavy atom. The van der Waals surface area contributed by atoms with Gasteiger partial charge in [-0.05, 0) is 49.5 Å². The lowest BCUT2D eigenvalue weighted by molar-refractivity contribution is 0.149. The lowest BCUT2D eigenvalue weighted by Gasteiger charge is -2.32. The number of rotatable bonds is 1. The van der Waals surface area contributed by atoms with Gasteiger partial charge in [0.25, 0.3) is 0 Å².